The zero-order chi connectivity index (χ0) is 14.4. The van der Waals surface area contributed by atoms with Crippen LogP contribution in [-0.2, 0) is 4.74 Å². The third-order valence-electron chi connectivity index (χ3n) is 3.82. The first-order chi connectivity index (χ1) is 9.78. The average Bonchev–Trinajstić information content (AvgIpc) is 2.53. The second-order valence-corrected chi connectivity index (χ2v) is 5.16. The second kappa shape index (κ2) is 7.50. The first-order valence-corrected chi connectivity index (χ1v) is 7.34. The van der Waals surface area contributed by atoms with Gasteiger partial charge in [0, 0.05) is 18.7 Å². The Hall–Kier alpha value is -1.26. The summed E-state index contributed by atoms with van der Waals surface area (Å²) in [5.74, 6) is 1.55. The Labute approximate surface area is 121 Å². The molecule has 4 heteroatoms. The molecule has 1 aliphatic rings. The Bertz CT molecular complexity index is 416. The summed E-state index contributed by atoms with van der Waals surface area (Å²) < 4.78 is 16.2. The third kappa shape index (κ3) is 3.64. The summed E-state index contributed by atoms with van der Waals surface area (Å²) in [4.78, 5) is 0. The Morgan fingerprint density at radius 3 is 2.70 bits per heavy atom. The van der Waals surface area contributed by atoms with Gasteiger partial charge in [-0.1, -0.05) is 13.0 Å². The molecule has 2 unspecified atom stereocenters. The van der Waals surface area contributed by atoms with Crippen LogP contribution in [-0.4, -0.2) is 33.5 Å². The van der Waals surface area contributed by atoms with Gasteiger partial charge in [0.05, 0.1) is 20.8 Å². The fourth-order valence-electron chi connectivity index (χ4n) is 2.68. The molecule has 1 aromatic rings. The molecule has 1 heterocycles. The summed E-state index contributed by atoms with van der Waals surface area (Å²) in [6.45, 7) is 3.90. The second-order valence-electron chi connectivity index (χ2n) is 5.16. The molecule has 2 atom stereocenters. The summed E-state index contributed by atoms with van der Waals surface area (Å²) in [5, 5.41) is 3.69. The zero-order valence-corrected chi connectivity index (χ0v) is 12.6. The first-order valence-electron chi connectivity index (χ1n) is 7.34. The average molecular weight is 279 g/mol. The van der Waals surface area contributed by atoms with Gasteiger partial charge in [0.25, 0.3) is 0 Å². The molecule has 1 fully saturated rings. The van der Waals surface area contributed by atoms with Gasteiger partial charge in [0.15, 0.2) is 11.5 Å². The molecule has 0 saturated carbocycles. The molecule has 1 aliphatic heterocycles. The van der Waals surface area contributed by atoms with E-state index in [4.69, 9.17) is 14.2 Å². The Morgan fingerprint density at radius 1 is 1.30 bits per heavy atom. The topological polar surface area (TPSA) is 39.7 Å². The van der Waals surface area contributed by atoms with Crippen molar-refractivity contribution in [1.29, 1.82) is 0 Å². The van der Waals surface area contributed by atoms with Crippen LogP contribution in [0.15, 0.2) is 18.2 Å². The fraction of sp³-hybridized carbons (Fsp3) is 0.625. The van der Waals surface area contributed by atoms with Crippen molar-refractivity contribution in [1.82, 2.24) is 5.32 Å². The van der Waals surface area contributed by atoms with Crippen LogP contribution in [0.3, 0.4) is 0 Å². The van der Waals surface area contributed by atoms with Crippen molar-refractivity contribution in [2.45, 2.75) is 38.3 Å². The van der Waals surface area contributed by atoms with Crippen molar-refractivity contribution in [3.63, 3.8) is 0 Å². The zero-order valence-electron chi connectivity index (χ0n) is 12.6. The summed E-state index contributed by atoms with van der Waals surface area (Å²) in [6, 6.07) is 6.90. The summed E-state index contributed by atoms with van der Waals surface area (Å²) in [7, 11) is 3.33. The molecule has 112 valence electrons. The molecule has 4 nitrogen and oxygen atoms in total. The van der Waals surface area contributed by atoms with E-state index in [2.05, 4.69) is 24.4 Å². The number of methoxy groups -OCH3 is 2. The highest BCUT2D eigenvalue weighted by atomic mass is 16.5. The SMILES string of the molecule is CCC(NC1CCCOC1)c1ccc(OC)c(OC)c1. The summed E-state index contributed by atoms with van der Waals surface area (Å²) in [5.41, 5.74) is 1.23. The maximum atomic E-state index is 5.54. The number of nitrogens with one attached hydrogen (secondary N) is 1. The number of rotatable bonds is 6. The molecule has 0 bridgehead atoms. The van der Waals surface area contributed by atoms with Gasteiger partial charge >= 0.3 is 0 Å². The predicted octanol–water partition coefficient (Wildman–Crippen LogP) is 2.92. The third-order valence-corrected chi connectivity index (χ3v) is 3.82. The van der Waals surface area contributed by atoms with E-state index in [1.54, 1.807) is 14.2 Å². The molecule has 0 aromatic heterocycles. The van der Waals surface area contributed by atoms with E-state index in [0.29, 0.717) is 12.1 Å². The van der Waals surface area contributed by atoms with Gasteiger partial charge in [-0.3, -0.25) is 0 Å². The van der Waals surface area contributed by atoms with E-state index >= 15 is 0 Å². The Balaban J connectivity index is 2.09. The highest BCUT2D eigenvalue weighted by molar-refractivity contribution is 5.43. The van der Waals surface area contributed by atoms with Crippen molar-refractivity contribution in [3.05, 3.63) is 23.8 Å². The van der Waals surface area contributed by atoms with E-state index in [1.165, 1.54) is 12.0 Å². The molecule has 1 saturated heterocycles. The maximum Gasteiger partial charge on any atom is 0.161 e. The molecule has 0 spiro atoms. The van der Waals surface area contributed by atoms with E-state index in [9.17, 15) is 0 Å². The molecule has 0 amide bonds. The van der Waals surface area contributed by atoms with Crippen LogP contribution in [0.2, 0.25) is 0 Å². The van der Waals surface area contributed by atoms with E-state index in [0.717, 1.165) is 37.6 Å². The smallest absolute Gasteiger partial charge is 0.161 e. The maximum absolute atomic E-state index is 5.54. The lowest BCUT2D eigenvalue weighted by Crippen LogP contribution is -2.39. The Morgan fingerprint density at radius 2 is 2.10 bits per heavy atom. The van der Waals surface area contributed by atoms with Gasteiger partial charge in [-0.05, 0) is 37.0 Å². The number of ether oxygens (including phenoxy) is 3. The predicted molar refractivity (Wildman–Crippen MR) is 79.6 cm³/mol. The van der Waals surface area contributed by atoms with Crippen molar-refractivity contribution in [2.24, 2.45) is 0 Å². The highest BCUT2D eigenvalue weighted by Gasteiger charge is 2.19. The fourth-order valence-corrected chi connectivity index (χ4v) is 2.68. The molecule has 0 aliphatic carbocycles. The van der Waals surface area contributed by atoms with Crippen LogP contribution in [0, 0.1) is 0 Å². The van der Waals surface area contributed by atoms with E-state index < -0.39 is 0 Å². The molecule has 2 rings (SSSR count). The minimum absolute atomic E-state index is 0.321. The van der Waals surface area contributed by atoms with Crippen LogP contribution in [0.1, 0.15) is 37.8 Å². The van der Waals surface area contributed by atoms with Gasteiger partial charge in [-0.15, -0.1) is 0 Å². The minimum atomic E-state index is 0.321. The van der Waals surface area contributed by atoms with Gasteiger partial charge in [-0.25, -0.2) is 0 Å². The molecular weight excluding hydrogens is 254 g/mol. The minimum Gasteiger partial charge on any atom is -0.493 e. The van der Waals surface area contributed by atoms with Gasteiger partial charge in [0.2, 0.25) is 0 Å². The van der Waals surface area contributed by atoms with Crippen molar-refractivity contribution < 1.29 is 14.2 Å². The van der Waals surface area contributed by atoms with E-state index in [-0.39, 0.29) is 0 Å². The number of benzene rings is 1. The first kappa shape index (κ1) is 15.1. The molecular formula is C16H25NO3. The lowest BCUT2D eigenvalue weighted by Gasteiger charge is -2.28. The van der Waals surface area contributed by atoms with Gasteiger partial charge in [-0.2, -0.15) is 0 Å². The Kier molecular flexibility index (Phi) is 5.68. The monoisotopic (exact) mass is 279 g/mol. The standard InChI is InChI=1S/C16H25NO3/c1-4-14(17-13-6-5-9-20-11-13)12-7-8-15(18-2)16(10-12)19-3/h7-8,10,13-14,17H,4-6,9,11H2,1-3H3. The van der Waals surface area contributed by atoms with Crippen molar-refractivity contribution >= 4 is 0 Å². The van der Waals surface area contributed by atoms with Crippen LogP contribution in [0.4, 0.5) is 0 Å². The quantitative estimate of drug-likeness (QED) is 0.869. The number of hydrogen-bond acceptors (Lipinski definition) is 4. The summed E-state index contributed by atoms with van der Waals surface area (Å²) >= 11 is 0. The van der Waals surface area contributed by atoms with Crippen molar-refractivity contribution in [2.75, 3.05) is 27.4 Å². The molecule has 1 N–H and O–H groups in total. The summed E-state index contributed by atoms with van der Waals surface area (Å²) in [6.07, 6.45) is 3.36. The molecule has 0 radical (unpaired) electrons. The normalized spacial score (nSPS) is 20.4. The lowest BCUT2D eigenvalue weighted by atomic mass is 10.0. The van der Waals surface area contributed by atoms with Crippen LogP contribution >= 0.6 is 0 Å². The largest absolute Gasteiger partial charge is 0.493 e. The number of hydrogen-bond donors (Lipinski definition) is 1. The van der Waals surface area contributed by atoms with Gasteiger partial charge < -0.3 is 19.5 Å². The van der Waals surface area contributed by atoms with Crippen LogP contribution < -0.4 is 14.8 Å². The van der Waals surface area contributed by atoms with Gasteiger partial charge in [0.1, 0.15) is 0 Å². The van der Waals surface area contributed by atoms with Crippen LogP contribution in [0.5, 0.6) is 11.5 Å². The van der Waals surface area contributed by atoms with E-state index in [1.807, 2.05) is 6.07 Å². The molecule has 1 aromatic carbocycles. The molecule has 20 heavy (non-hydrogen) atoms. The van der Waals surface area contributed by atoms with Crippen molar-refractivity contribution in [3.8, 4) is 11.5 Å². The lowest BCUT2D eigenvalue weighted by molar-refractivity contribution is 0.0661. The van der Waals surface area contributed by atoms with Crippen LogP contribution in [0.25, 0.3) is 0 Å². The highest BCUT2D eigenvalue weighted by Crippen LogP contribution is 2.31.